The molecule has 30 heavy (non-hydrogen) atoms. The number of unbranched alkanes of at least 4 members (excludes halogenated alkanes) is 3. The summed E-state index contributed by atoms with van der Waals surface area (Å²) in [5, 5.41) is -1.81. The number of ketones is 1. The molecule has 0 aliphatic carbocycles. The topological polar surface area (TPSA) is 135 Å². The van der Waals surface area contributed by atoms with Gasteiger partial charge < -0.3 is 23.7 Å². The molecule has 0 amide bonds. The van der Waals surface area contributed by atoms with Crippen molar-refractivity contribution in [2.75, 3.05) is 59.5 Å². The van der Waals surface area contributed by atoms with Crippen LogP contribution in [0.2, 0.25) is 0 Å². The first kappa shape index (κ1) is 28.9. The van der Waals surface area contributed by atoms with E-state index in [1.165, 1.54) is 19.3 Å². The normalized spacial score (nSPS) is 12.6. The van der Waals surface area contributed by atoms with E-state index in [4.69, 9.17) is 28.2 Å². The van der Waals surface area contributed by atoms with Crippen LogP contribution in [-0.2, 0) is 43.4 Å². The minimum Gasteiger partial charge on any atom is -0.463 e. The zero-order valence-electron chi connectivity index (χ0n) is 18.0. The number of carbonyl (C=O) groups excluding carboxylic acids is 2. The first-order valence-electron chi connectivity index (χ1n) is 10.2. The van der Waals surface area contributed by atoms with Crippen molar-refractivity contribution >= 4 is 21.9 Å². The number of carbonyl (C=O) groups is 2. The Hall–Kier alpha value is -1.11. The minimum absolute atomic E-state index is 0.0950. The molecule has 0 saturated carbocycles. The zero-order chi connectivity index (χ0) is 22.7. The van der Waals surface area contributed by atoms with Crippen LogP contribution in [-0.4, -0.2) is 89.4 Å². The summed E-state index contributed by atoms with van der Waals surface area (Å²) in [5.41, 5.74) is 0. The summed E-state index contributed by atoms with van der Waals surface area (Å²) < 4.78 is 57.1. The van der Waals surface area contributed by atoms with E-state index in [0.29, 0.717) is 39.6 Å². The molecule has 0 fully saturated rings. The van der Waals surface area contributed by atoms with E-state index >= 15 is 0 Å². The Morgan fingerprint density at radius 1 is 0.767 bits per heavy atom. The van der Waals surface area contributed by atoms with Crippen molar-refractivity contribution in [2.45, 2.75) is 51.2 Å². The fourth-order valence-corrected chi connectivity index (χ4v) is 3.04. The fourth-order valence-electron chi connectivity index (χ4n) is 2.28. The van der Waals surface area contributed by atoms with Crippen LogP contribution in [0.4, 0.5) is 0 Å². The molecule has 0 aromatic carbocycles. The molecular weight excluding hydrogens is 420 g/mol. The molecule has 0 saturated heterocycles. The monoisotopic (exact) mass is 456 g/mol. The Kier molecular flexibility index (Phi) is 18.0. The van der Waals surface area contributed by atoms with Gasteiger partial charge in [0.1, 0.15) is 6.61 Å². The van der Waals surface area contributed by atoms with Crippen LogP contribution in [0, 0.1) is 0 Å². The average Bonchev–Trinajstić information content (AvgIpc) is 2.67. The first-order chi connectivity index (χ1) is 14.3. The quantitative estimate of drug-likeness (QED) is 0.153. The van der Waals surface area contributed by atoms with E-state index in [1.807, 2.05) is 0 Å². The maximum Gasteiger partial charge on any atom is 0.307 e. The van der Waals surface area contributed by atoms with Crippen LogP contribution in [0.3, 0.4) is 0 Å². The molecule has 0 aliphatic heterocycles. The second-order valence-corrected chi connectivity index (χ2v) is 8.15. The number of hydrogen-bond acceptors (Lipinski definition) is 9. The van der Waals surface area contributed by atoms with Gasteiger partial charge in [-0.3, -0.25) is 14.1 Å². The molecular formula is C19H36O10S. The van der Waals surface area contributed by atoms with Gasteiger partial charge in [-0.2, -0.15) is 8.42 Å². The van der Waals surface area contributed by atoms with Crippen LogP contribution in [0.1, 0.15) is 46.0 Å². The highest BCUT2D eigenvalue weighted by Crippen LogP contribution is 2.07. The molecule has 178 valence electrons. The highest BCUT2D eigenvalue weighted by molar-refractivity contribution is 7.87. The van der Waals surface area contributed by atoms with Crippen LogP contribution < -0.4 is 0 Å². The third-order valence-electron chi connectivity index (χ3n) is 3.91. The molecule has 1 N–H and O–H groups in total. The second-order valence-electron chi connectivity index (χ2n) is 6.55. The van der Waals surface area contributed by atoms with E-state index in [9.17, 15) is 18.0 Å². The zero-order valence-corrected chi connectivity index (χ0v) is 18.8. The lowest BCUT2D eigenvalue weighted by Gasteiger charge is -2.10. The van der Waals surface area contributed by atoms with Crippen molar-refractivity contribution in [2.24, 2.45) is 0 Å². The lowest BCUT2D eigenvalue weighted by atomic mass is 10.2. The second kappa shape index (κ2) is 18.6. The molecule has 11 heteroatoms. The molecule has 10 nitrogen and oxygen atoms in total. The lowest BCUT2D eigenvalue weighted by Crippen LogP contribution is -2.31. The summed E-state index contributed by atoms with van der Waals surface area (Å²) in [6.07, 6.45) is 4.00. The van der Waals surface area contributed by atoms with Crippen molar-refractivity contribution in [1.29, 1.82) is 0 Å². The van der Waals surface area contributed by atoms with Gasteiger partial charge in [-0.15, -0.1) is 0 Å². The van der Waals surface area contributed by atoms with Gasteiger partial charge in [0.15, 0.2) is 11.0 Å². The van der Waals surface area contributed by atoms with Gasteiger partial charge in [-0.25, -0.2) is 0 Å². The molecule has 1 unspecified atom stereocenters. The standard InChI is InChI=1S/C19H36O10S/c1-3-4-5-6-7-25-8-9-26-10-11-27-12-13-28-14-15-29-19(21)16-18(17(2)20)30(22,23)24/h18H,3-16H2,1-2H3,(H,22,23,24). The lowest BCUT2D eigenvalue weighted by molar-refractivity contribution is -0.146. The summed E-state index contributed by atoms with van der Waals surface area (Å²) >= 11 is 0. The van der Waals surface area contributed by atoms with Gasteiger partial charge in [0.2, 0.25) is 0 Å². The molecule has 0 aromatic heterocycles. The summed E-state index contributed by atoms with van der Waals surface area (Å²) in [6.45, 7) is 6.54. The van der Waals surface area contributed by atoms with Crippen LogP contribution in [0.5, 0.6) is 0 Å². The first-order valence-corrected chi connectivity index (χ1v) is 11.7. The molecule has 0 spiro atoms. The summed E-state index contributed by atoms with van der Waals surface area (Å²) in [4.78, 5) is 22.7. The highest BCUT2D eigenvalue weighted by Gasteiger charge is 2.31. The smallest absolute Gasteiger partial charge is 0.307 e. The SMILES string of the molecule is CCCCCCOCCOCCOCCOCCOC(=O)CC(C(C)=O)S(=O)(=O)O. The van der Waals surface area contributed by atoms with Gasteiger partial charge in [0.05, 0.1) is 52.7 Å². The van der Waals surface area contributed by atoms with Gasteiger partial charge in [0, 0.05) is 6.61 Å². The van der Waals surface area contributed by atoms with E-state index in [0.717, 1.165) is 20.0 Å². The fraction of sp³-hybridized carbons (Fsp3) is 0.895. The van der Waals surface area contributed by atoms with Gasteiger partial charge in [-0.1, -0.05) is 26.2 Å². The molecule has 0 aliphatic rings. The molecule has 1 atom stereocenters. The maximum absolute atomic E-state index is 11.5. The van der Waals surface area contributed by atoms with Crippen molar-refractivity contribution in [3.05, 3.63) is 0 Å². The number of ether oxygens (including phenoxy) is 5. The summed E-state index contributed by atoms with van der Waals surface area (Å²) in [5.74, 6) is -1.74. The number of Topliss-reactive ketones (excluding diaryl/α,β-unsaturated/α-hetero) is 1. The number of esters is 1. The minimum atomic E-state index is -4.64. The van der Waals surface area contributed by atoms with Crippen molar-refractivity contribution in [1.82, 2.24) is 0 Å². The summed E-state index contributed by atoms with van der Waals surface area (Å²) in [6, 6.07) is 0. The van der Waals surface area contributed by atoms with E-state index in [-0.39, 0.29) is 13.2 Å². The average molecular weight is 457 g/mol. The Bertz CT molecular complexity index is 550. The largest absolute Gasteiger partial charge is 0.463 e. The van der Waals surface area contributed by atoms with Gasteiger partial charge >= 0.3 is 5.97 Å². The van der Waals surface area contributed by atoms with Gasteiger partial charge in [-0.05, 0) is 13.3 Å². The van der Waals surface area contributed by atoms with Crippen molar-refractivity contribution < 1.29 is 46.2 Å². The van der Waals surface area contributed by atoms with Crippen LogP contribution in [0.25, 0.3) is 0 Å². The molecule has 0 aromatic rings. The third kappa shape index (κ3) is 17.7. The summed E-state index contributed by atoms with van der Waals surface area (Å²) in [7, 11) is -4.64. The van der Waals surface area contributed by atoms with E-state index < -0.39 is 33.5 Å². The predicted molar refractivity (Wildman–Crippen MR) is 109 cm³/mol. The van der Waals surface area contributed by atoms with E-state index in [2.05, 4.69) is 6.92 Å². The predicted octanol–water partition coefficient (Wildman–Crippen LogP) is 1.41. The molecule has 0 heterocycles. The Morgan fingerprint density at radius 2 is 1.23 bits per heavy atom. The van der Waals surface area contributed by atoms with Crippen molar-refractivity contribution in [3.63, 3.8) is 0 Å². The Labute approximate surface area is 179 Å². The van der Waals surface area contributed by atoms with Gasteiger partial charge in [0.25, 0.3) is 10.1 Å². The number of hydrogen-bond donors (Lipinski definition) is 1. The van der Waals surface area contributed by atoms with Crippen LogP contribution >= 0.6 is 0 Å². The van der Waals surface area contributed by atoms with E-state index in [1.54, 1.807) is 0 Å². The number of rotatable bonds is 21. The third-order valence-corrected chi connectivity index (χ3v) is 5.13. The maximum atomic E-state index is 11.5. The van der Waals surface area contributed by atoms with Crippen LogP contribution in [0.15, 0.2) is 0 Å². The molecule has 0 rings (SSSR count). The Morgan fingerprint density at radius 3 is 1.67 bits per heavy atom. The molecule has 0 bridgehead atoms. The highest BCUT2D eigenvalue weighted by atomic mass is 32.2. The Balaban J connectivity index is 3.42. The molecule has 0 radical (unpaired) electrons. The van der Waals surface area contributed by atoms with Crippen molar-refractivity contribution in [3.8, 4) is 0 Å².